The Morgan fingerprint density at radius 3 is 2.60 bits per heavy atom. The minimum Gasteiger partial charge on any atom is -0.387 e. The van der Waals surface area contributed by atoms with Crippen LogP contribution in [-0.2, 0) is 6.54 Å². The highest BCUT2D eigenvalue weighted by Gasteiger charge is 2.17. The SMILES string of the molecule is CC(NCc1ccc(Cl)s1)C(O)c1ccc(F)c(F)c1. The fourth-order valence-electron chi connectivity index (χ4n) is 1.80. The molecule has 20 heavy (non-hydrogen) atoms. The molecule has 0 fully saturated rings. The lowest BCUT2D eigenvalue weighted by atomic mass is 10.0. The molecule has 2 N–H and O–H groups in total. The topological polar surface area (TPSA) is 32.3 Å². The molecule has 6 heteroatoms. The van der Waals surface area contributed by atoms with Crippen LogP contribution < -0.4 is 5.32 Å². The van der Waals surface area contributed by atoms with Crippen LogP contribution in [0.15, 0.2) is 30.3 Å². The second kappa shape index (κ2) is 6.63. The van der Waals surface area contributed by atoms with Crippen LogP contribution in [0.5, 0.6) is 0 Å². The molecule has 1 aromatic heterocycles. The fourth-order valence-corrected chi connectivity index (χ4v) is 2.84. The normalized spacial score (nSPS) is 14.2. The van der Waals surface area contributed by atoms with E-state index in [0.29, 0.717) is 16.4 Å². The Bertz CT molecular complexity index is 590. The molecular formula is C14H14ClF2NOS. The van der Waals surface area contributed by atoms with Crippen molar-refractivity contribution in [1.82, 2.24) is 5.32 Å². The second-order valence-electron chi connectivity index (χ2n) is 4.49. The molecule has 1 aromatic carbocycles. The lowest BCUT2D eigenvalue weighted by molar-refractivity contribution is 0.135. The van der Waals surface area contributed by atoms with E-state index in [1.165, 1.54) is 17.4 Å². The number of nitrogens with one attached hydrogen (secondary N) is 1. The molecule has 0 aliphatic heterocycles. The van der Waals surface area contributed by atoms with Gasteiger partial charge in [-0.2, -0.15) is 0 Å². The predicted molar refractivity (Wildman–Crippen MR) is 76.9 cm³/mol. The van der Waals surface area contributed by atoms with Crippen molar-refractivity contribution in [2.45, 2.75) is 25.6 Å². The molecule has 0 aliphatic carbocycles. The molecule has 0 saturated heterocycles. The average molecular weight is 318 g/mol. The van der Waals surface area contributed by atoms with Crippen LogP contribution in [0, 0.1) is 11.6 Å². The Morgan fingerprint density at radius 2 is 2.00 bits per heavy atom. The standard InChI is InChI=1S/C14H14ClF2NOS/c1-8(18-7-10-3-5-13(15)20-10)14(19)9-2-4-11(16)12(17)6-9/h2-6,8,14,18-19H,7H2,1H3. The first-order valence-corrected chi connectivity index (χ1v) is 7.27. The van der Waals surface area contributed by atoms with Gasteiger partial charge >= 0.3 is 0 Å². The van der Waals surface area contributed by atoms with Gasteiger partial charge in [0.25, 0.3) is 0 Å². The lowest BCUT2D eigenvalue weighted by Crippen LogP contribution is -2.31. The first kappa shape index (κ1) is 15.4. The molecular weight excluding hydrogens is 304 g/mol. The van der Waals surface area contributed by atoms with E-state index in [0.717, 1.165) is 17.0 Å². The molecule has 2 aromatic rings. The Kier molecular flexibility index (Phi) is 5.10. The Labute approximate surface area is 125 Å². The zero-order valence-corrected chi connectivity index (χ0v) is 12.3. The third kappa shape index (κ3) is 3.76. The Balaban J connectivity index is 1.97. The van der Waals surface area contributed by atoms with Gasteiger partial charge in [0.1, 0.15) is 0 Å². The van der Waals surface area contributed by atoms with Crippen LogP contribution in [0.25, 0.3) is 0 Å². The number of hydrogen-bond acceptors (Lipinski definition) is 3. The van der Waals surface area contributed by atoms with Gasteiger partial charge in [-0.3, -0.25) is 0 Å². The molecule has 1 heterocycles. The average Bonchev–Trinajstić information content (AvgIpc) is 2.84. The maximum absolute atomic E-state index is 13.1. The van der Waals surface area contributed by atoms with E-state index >= 15 is 0 Å². The van der Waals surface area contributed by atoms with Crippen LogP contribution in [0.3, 0.4) is 0 Å². The summed E-state index contributed by atoms with van der Waals surface area (Å²) in [5.41, 5.74) is 0.341. The van der Waals surface area contributed by atoms with Gasteiger partial charge in [0, 0.05) is 17.5 Å². The van der Waals surface area contributed by atoms with E-state index in [9.17, 15) is 13.9 Å². The summed E-state index contributed by atoms with van der Waals surface area (Å²) in [7, 11) is 0. The summed E-state index contributed by atoms with van der Waals surface area (Å²) in [6, 6.07) is 6.81. The van der Waals surface area contributed by atoms with Gasteiger partial charge in [-0.15, -0.1) is 11.3 Å². The molecule has 0 bridgehead atoms. The quantitative estimate of drug-likeness (QED) is 0.877. The molecule has 108 valence electrons. The molecule has 0 amide bonds. The molecule has 2 atom stereocenters. The van der Waals surface area contributed by atoms with Crippen LogP contribution in [0.4, 0.5) is 8.78 Å². The van der Waals surface area contributed by atoms with E-state index in [4.69, 9.17) is 11.6 Å². The zero-order chi connectivity index (χ0) is 14.7. The fraction of sp³-hybridized carbons (Fsp3) is 0.286. The van der Waals surface area contributed by atoms with Crippen molar-refractivity contribution >= 4 is 22.9 Å². The number of aliphatic hydroxyl groups excluding tert-OH is 1. The van der Waals surface area contributed by atoms with Gasteiger partial charge in [-0.25, -0.2) is 8.78 Å². The minimum atomic E-state index is -0.959. The number of hydrogen-bond donors (Lipinski definition) is 2. The van der Waals surface area contributed by atoms with Gasteiger partial charge in [0.15, 0.2) is 11.6 Å². The smallest absolute Gasteiger partial charge is 0.159 e. The van der Waals surface area contributed by atoms with E-state index in [-0.39, 0.29) is 6.04 Å². The van der Waals surface area contributed by atoms with Crippen molar-refractivity contribution in [1.29, 1.82) is 0 Å². The Morgan fingerprint density at radius 1 is 1.25 bits per heavy atom. The predicted octanol–water partition coefficient (Wildman–Crippen LogP) is 3.89. The summed E-state index contributed by atoms with van der Waals surface area (Å²) in [6.45, 7) is 2.33. The number of halogens is 3. The summed E-state index contributed by atoms with van der Waals surface area (Å²) >= 11 is 7.28. The van der Waals surface area contributed by atoms with Crippen LogP contribution in [0.1, 0.15) is 23.5 Å². The van der Waals surface area contributed by atoms with Gasteiger partial charge in [-0.1, -0.05) is 17.7 Å². The van der Waals surface area contributed by atoms with Crippen molar-refractivity contribution in [3.8, 4) is 0 Å². The van der Waals surface area contributed by atoms with E-state index in [1.807, 2.05) is 6.07 Å². The van der Waals surface area contributed by atoms with Gasteiger partial charge in [0.05, 0.1) is 10.4 Å². The highest BCUT2D eigenvalue weighted by atomic mass is 35.5. The molecule has 2 nitrogen and oxygen atoms in total. The largest absolute Gasteiger partial charge is 0.387 e. The van der Waals surface area contributed by atoms with Crippen molar-refractivity contribution in [3.05, 3.63) is 56.7 Å². The Hall–Kier alpha value is -1.01. The number of rotatable bonds is 5. The summed E-state index contributed by atoms with van der Waals surface area (Å²) in [6.07, 6.45) is -0.916. The molecule has 2 unspecified atom stereocenters. The van der Waals surface area contributed by atoms with Crippen molar-refractivity contribution in [3.63, 3.8) is 0 Å². The highest BCUT2D eigenvalue weighted by molar-refractivity contribution is 7.16. The summed E-state index contributed by atoms with van der Waals surface area (Å²) in [5.74, 6) is -1.88. The number of benzene rings is 1. The molecule has 0 aliphatic rings. The summed E-state index contributed by atoms with van der Waals surface area (Å²) in [4.78, 5) is 1.04. The summed E-state index contributed by atoms with van der Waals surface area (Å²) in [5, 5.41) is 13.2. The summed E-state index contributed by atoms with van der Waals surface area (Å²) < 4.78 is 26.7. The number of aliphatic hydroxyl groups is 1. The monoisotopic (exact) mass is 317 g/mol. The number of thiophene rings is 1. The highest BCUT2D eigenvalue weighted by Crippen LogP contribution is 2.23. The molecule has 0 spiro atoms. The van der Waals surface area contributed by atoms with E-state index in [2.05, 4.69) is 5.32 Å². The maximum atomic E-state index is 13.1. The van der Waals surface area contributed by atoms with E-state index in [1.54, 1.807) is 13.0 Å². The third-order valence-corrected chi connectivity index (χ3v) is 4.22. The van der Waals surface area contributed by atoms with Gasteiger partial charge in [0.2, 0.25) is 0 Å². The molecule has 2 rings (SSSR count). The molecule has 0 radical (unpaired) electrons. The first-order valence-electron chi connectivity index (χ1n) is 6.08. The maximum Gasteiger partial charge on any atom is 0.159 e. The van der Waals surface area contributed by atoms with E-state index < -0.39 is 17.7 Å². The van der Waals surface area contributed by atoms with Gasteiger partial charge < -0.3 is 10.4 Å². The van der Waals surface area contributed by atoms with Crippen molar-refractivity contribution in [2.75, 3.05) is 0 Å². The first-order chi connectivity index (χ1) is 9.47. The third-order valence-electron chi connectivity index (χ3n) is 2.99. The van der Waals surface area contributed by atoms with Crippen LogP contribution >= 0.6 is 22.9 Å². The van der Waals surface area contributed by atoms with Gasteiger partial charge in [-0.05, 0) is 36.8 Å². The van der Waals surface area contributed by atoms with Crippen LogP contribution in [0.2, 0.25) is 4.34 Å². The second-order valence-corrected chi connectivity index (χ2v) is 6.29. The minimum absolute atomic E-state index is 0.305. The zero-order valence-electron chi connectivity index (χ0n) is 10.7. The van der Waals surface area contributed by atoms with Crippen molar-refractivity contribution in [2.24, 2.45) is 0 Å². The van der Waals surface area contributed by atoms with Crippen molar-refractivity contribution < 1.29 is 13.9 Å². The molecule has 0 saturated carbocycles. The van der Waals surface area contributed by atoms with Crippen LogP contribution in [-0.4, -0.2) is 11.1 Å². The lowest BCUT2D eigenvalue weighted by Gasteiger charge is -2.20.